The first-order valence-electron chi connectivity index (χ1n) is 7.90. The van der Waals surface area contributed by atoms with Gasteiger partial charge in [-0.25, -0.2) is 0 Å². The Hall–Kier alpha value is -1.94. The lowest BCUT2D eigenvalue weighted by molar-refractivity contribution is 0.0786. The van der Waals surface area contributed by atoms with Crippen LogP contribution in [0.15, 0.2) is 24.3 Å². The van der Waals surface area contributed by atoms with Crippen LogP contribution in [0, 0.1) is 19.8 Å². The number of hydrogen-bond acceptors (Lipinski definition) is 3. The van der Waals surface area contributed by atoms with Crippen molar-refractivity contribution in [1.29, 1.82) is 0 Å². The largest absolute Gasteiger partial charge is 0.338 e. The van der Waals surface area contributed by atoms with E-state index in [9.17, 15) is 4.79 Å². The predicted molar refractivity (Wildman–Crippen MR) is 89.2 cm³/mol. The molecule has 116 valence electrons. The molecule has 1 saturated heterocycles. The normalized spacial score (nSPS) is 18.1. The molecule has 1 aromatic carbocycles. The van der Waals surface area contributed by atoms with Crippen LogP contribution >= 0.6 is 0 Å². The highest BCUT2D eigenvalue weighted by Crippen LogP contribution is 2.22. The number of nitrogens with one attached hydrogen (secondary N) is 1. The highest BCUT2D eigenvalue weighted by molar-refractivity contribution is 5.98. The molecular weight excluding hydrogens is 274 g/mol. The van der Waals surface area contributed by atoms with E-state index in [0.717, 1.165) is 48.2 Å². The Labute approximate surface area is 131 Å². The molecule has 0 spiro atoms. The molecule has 0 aliphatic carbocycles. The molecule has 0 bridgehead atoms. The van der Waals surface area contributed by atoms with E-state index in [4.69, 9.17) is 0 Å². The minimum Gasteiger partial charge on any atom is -0.338 e. The predicted octanol–water partition coefficient (Wildman–Crippen LogP) is 2.53. The van der Waals surface area contributed by atoms with Gasteiger partial charge in [0.2, 0.25) is 0 Å². The van der Waals surface area contributed by atoms with E-state index in [0.29, 0.717) is 5.92 Å². The van der Waals surface area contributed by atoms with Crippen molar-refractivity contribution in [3.05, 3.63) is 41.1 Å². The van der Waals surface area contributed by atoms with E-state index < -0.39 is 0 Å². The van der Waals surface area contributed by atoms with E-state index in [1.165, 1.54) is 5.56 Å². The van der Waals surface area contributed by atoms with Crippen molar-refractivity contribution in [1.82, 2.24) is 15.2 Å². The van der Waals surface area contributed by atoms with Crippen LogP contribution < -0.4 is 5.32 Å². The van der Waals surface area contributed by atoms with Gasteiger partial charge >= 0.3 is 0 Å². The molecular formula is C18H23N3O. The van der Waals surface area contributed by atoms with Crippen molar-refractivity contribution in [2.24, 2.45) is 5.92 Å². The Morgan fingerprint density at radius 2 is 2.18 bits per heavy atom. The maximum Gasteiger partial charge on any atom is 0.255 e. The molecule has 0 saturated carbocycles. The van der Waals surface area contributed by atoms with Gasteiger partial charge in [0.15, 0.2) is 0 Å². The van der Waals surface area contributed by atoms with Gasteiger partial charge in [-0.15, -0.1) is 0 Å². The van der Waals surface area contributed by atoms with E-state index in [1.54, 1.807) is 0 Å². The second kappa shape index (κ2) is 6.05. The van der Waals surface area contributed by atoms with Gasteiger partial charge in [0.25, 0.3) is 5.91 Å². The molecule has 1 amide bonds. The number of aromatic nitrogens is 1. The van der Waals surface area contributed by atoms with Crippen LogP contribution in [0.25, 0.3) is 10.9 Å². The first kappa shape index (κ1) is 15.0. The van der Waals surface area contributed by atoms with Crippen molar-refractivity contribution < 1.29 is 4.79 Å². The summed E-state index contributed by atoms with van der Waals surface area (Å²) in [7, 11) is 1.96. The third-order valence-corrected chi connectivity index (χ3v) is 4.46. The summed E-state index contributed by atoms with van der Waals surface area (Å²) in [6, 6.07) is 8.16. The maximum atomic E-state index is 12.8. The number of rotatable bonds is 3. The number of pyridine rings is 1. The van der Waals surface area contributed by atoms with Gasteiger partial charge in [-0.2, -0.15) is 0 Å². The van der Waals surface area contributed by atoms with Crippen LogP contribution in [0.4, 0.5) is 0 Å². The number of nitrogens with zero attached hydrogens (tertiary/aromatic N) is 2. The zero-order chi connectivity index (χ0) is 15.7. The number of carbonyl (C=O) groups is 1. The van der Waals surface area contributed by atoms with Crippen LogP contribution in [-0.4, -0.2) is 42.5 Å². The van der Waals surface area contributed by atoms with Crippen LogP contribution in [-0.2, 0) is 0 Å². The first-order chi connectivity index (χ1) is 10.6. The van der Waals surface area contributed by atoms with Crippen molar-refractivity contribution in [3.8, 4) is 0 Å². The van der Waals surface area contributed by atoms with Crippen molar-refractivity contribution in [2.45, 2.75) is 20.3 Å². The van der Waals surface area contributed by atoms with Crippen LogP contribution in [0.1, 0.15) is 28.0 Å². The Bertz CT molecular complexity index is 711. The molecule has 1 aliphatic heterocycles. The monoisotopic (exact) mass is 297 g/mol. The van der Waals surface area contributed by atoms with Gasteiger partial charge in [-0.3, -0.25) is 9.78 Å². The standard InChI is InChI=1S/C18H23N3O/c1-12-4-5-15-9-16(13(2)20-17(15)8-12)18(22)21-7-6-14(11-21)10-19-3/h4-5,8-9,14,19H,6-7,10-11H2,1-3H3/t14-/m0/s1. The van der Waals surface area contributed by atoms with Crippen molar-refractivity contribution >= 4 is 16.8 Å². The maximum absolute atomic E-state index is 12.8. The number of aryl methyl sites for hydroxylation is 2. The van der Waals surface area contributed by atoms with E-state index in [1.807, 2.05) is 31.0 Å². The van der Waals surface area contributed by atoms with Crippen molar-refractivity contribution in [3.63, 3.8) is 0 Å². The minimum absolute atomic E-state index is 0.117. The summed E-state index contributed by atoms with van der Waals surface area (Å²) in [5.74, 6) is 0.677. The average molecular weight is 297 g/mol. The van der Waals surface area contributed by atoms with Gasteiger partial charge in [0, 0.05) is 18.5 Å². The van der Waals surface area contributed by atoms with Gasteiger partial charge in [-0.1, -0.05) is 12.1 Å². The zero-order valence-electron chi connectivity index (χ0n) is 13.5. The molecule has 1 fully saturated rings. The molecule has 3 rings (SSSR count). The number of hydrogen-bond donors (Lipinski definition) is 1. The van der Waals surface area contributed by atoms with E-state index >= 15 is 0 Å². The summed E-state index contributed by atoms with van der Waals surface area (Å²) in [5.41, 5.74) is 3.71. The van der Waals surface area contributed by atoms with Gasteiger partial charge in [-0.05, 0) is 57.5 Å². The molecule has 1 aromatic heterocycles. The summed E-state index contributed by atoms with van der Waals surface area (Å²) < 4.78 is 0. The lowest BCUT2D eigenvalue weighted by atomic mass is 10.1. The molecule has 0 unspecified atom stereocenters. The fourth-order valence-electron chi connectivity index (χ4n) is 3.23. The number of likely N-dealkylation sites (tertiary alicyclic amines) is 1. The molecule has 1 aliphatic rings. The average Bonchev–Trinajstić information content (AvgIpc) is 2.95. The highest BCUT2D eigenvalue weighted by Gasteiger charge is 2.27. The Kier molecular flexibility index (Phi) is 4.12. The van der Waals surface area contributed by atoms with Crippen LogP contribution in [0.3, 0.4) is 0 Å². The second-order valence-electron chi connectivity index (χ2n) is 6.28. The fraction of sp³-hybridized carbons (Fsp3) is 0.444. The molecule has 0 radical (unpaired) electrons. The summed E-state index contributed by atoms with van der Waals surface area (Å²) in [6.07, 6.45) is 1.08. The summed E-state index contributed by atoms with van der Waals surface area (Å²) in [6.45, 7) is 6.64. The summed E-state index contributed by atoms with van der Waals surface area (Å²) >= 11 is 0. The molecule has 4 heteroatoms. The summed E-state index contributed by atoms with van der Waals surface area (Å²) in [5, 5.41) is 4.23. The summed E-state index contributed by atoms with van der Waals surface area (Å²) in [4.78, 5) is 19.4. The molecule has 2 aromatic rings. The van der Waals surface area contributed by atoms with Gasteiger partial charge < -0.3 is 10.2 Å². The second-order valence-corrected chi connectivity index (χ2v) is 6.28. The third-order valence-electron chi connectivity index (χ3n) is 4.46. The fourth-order valence-corrected chi connectivity index (χ4v) is 3.23. The quantitative estimate of drug-likeness (QED) is 0.947. The molecule has 1 N–H and O–H groups in total. The Morgan fingerprint density at radius 1 is 1.36 bits per heavy atom. The lowest BCUT2D eigenvalue weighted by Gasteiger charge is -2.18. The number of amides is 1. The Balaban J connectivity index is 1.88. The highest BCUT2D eigenvalue weighted by atomic mass is 16.2. The Morgan fingerprint density at radius 3 is 2.95 bits per heavy atom. The molecule has 2 heterocycles. The third kappa shape index (κ3) is 2.83. The first-order valence-corrected chi connectivity index (χ1v) is 7.90. The van der Waals surface area contributed by atoms with E-state index in [2.05, 4.69) is 29.4 Å². The molecule has 4 nitrogen and oxygen atoms in total. The van der Waals surface area contributed by atoms with Crippen LogP contribution in [0.2, 0.25) is 0 Å². The molecule has 1 atom stereocenters. The van der Waals surface area contributed by atoms with Crippen LogP contribution in [0.5, 0.6) is 0 Å². The number of fused-ring (bicyclic) bond motifs is 1. The smallest absolute Gasteiger partial charge is 0.255 e. The van der Waals surface area contributed by atoms with E-state index in [-0.39, 0.29) is 5.91 Å². The lowest BCUT2D eigenvalue weighted by Crippen LogP contribution is -2.31. The SMILES string of the molecule is CNC[C@@H]1CCN(C(=O)c2cc3ccc(C)cc3nc2C)C1. The van der Waals surface area contributed by atoms with Gasteiger partial charge in [0.1, 0.15) is 0 Å². The topological polar surface area (TPSA) is 45.2 Å². The number of benzene rings is 1. The van der Waals surface area contributed by atoms with Gasteiger partial charge in [0.05, 0.1) is 16.8 Å². The zero-order valence-corrected chi connectivity index (χ0v) is 13.5. The minimum atomic E-state index is 0.117. The van der Waals surface area contributed by atoms with Crippen molar-refractivity contribution in [2.75, 3.05) is 26.7 Å². The molecule has 22 heavy (non-hydrogen) atoms. The number of carbonyl (C=O) groups excluding carboxylic acids is 1.